The molecule has 0 bridgehead atoms. The number of nitrogens with one attached hydrogen (secondary N) is 1. The molecule has 2 aromatic carbocycles. The van der Waals surface area contributed by atoms with E-state index >= 15 is 0 Å². The number of amides is 1. The monoisotopic (exact) mass is 448 g/mol. The van der Waals surface area contributed by atoms with Gasteiger partial charge in [0.2, 0.25) is 4.21 Å². The fourth-order valence-electron chi connectivity index (χ4n) is 2.20. The standard InChI is InChI=1S/C17H9ClF4N2O2S2/c18-10-1-3-13(4-2-10)28(26)16-14(23-8-27-16)15(25)24-12-6-9(17(20,21)22)5-11(19)7-12/h1-8H,(H,24,25). The second-order valence-electron chi connectivity index (χ2n) is 5.39. The molecule has 1 amide bonds. The van der Waals surface area contributed by atoms with Crippen molar-refractivity contribution in [2.45, 2.75) is 15.3 Å². The van der Waals surface area contributed by atoms with Crippen LogP contribution in [0.15, 0.2) is 57.1 Å². The fraction of sp³-hybridized carbons (Fsp3) is 0.0588. The first-order valence-corrected chi connectivity index (χ1v) is 9.86. The quantitative estimate of drug-likeness (QED) is 0.431. The molecule has 1 heterocycles. The first-order valence-electron chi connectivity index (χ1n) is 7.45. The van der Waals surface area contributed by atoms with Gasteiger partial charge in [-0.05, 0) is 42.5 Å². The van der Waals surface area contributed by atoms with E-state index in [9.17, 15) is 26.9 Å². The van der Waals surface area contributed by atoms with Gasteiger partial charge in [0, 0.05) is 21.9 Å². The molecule has 11 heteroatoms. The molecule has 4 nitrogen and oxygen atoms in total. The van der Waals surface area contributed by atoms with Gasteiger partial charge >= 0.3 is 6.18 Å². The number of thiazole rings is 1. The molecule has 146 valence electrons. The molecule has 0 aliphatic carbocycles. The first kappa shape index (κ1) is 20.6. The van der Waals surface area contributed by atoms with Crippen molar-refractivity contribution in [1.29, 1.82) is 0 Å². The van der Waals surface area contributed by atoms with Crippen LogP contribution >= 0.6 is 22.9 Å². The van der Waals surface area contributed by atoms with Crippen LogP contribution in [0.25, 0.3) is 0 Å². The third-order valence-corrected chi connectivity index (χ3v) is 6.27. The van der Waals surface area contributed by atoms with Crippen molar-refractivity contribution in [2.75, 3.05) is 5.32 Å². The molecule has 3 rings (SSSR count). The van der Waals surface area contributed by atoms with Gasteiger partial charge in [-0.3, -0.25) is 4.79 Å². The van der Waals surface area contributed by atoms with Crippen LogP contribution in [0.2, 0.25) is 5.02 Å². The number of alkyl halides is 3. The molecule has 0 radical (unpaired) electrons. The molecule has 0 fully saturated rings. The zero-order valence-electron chi connectivity index (χ0n) is 13.6. The lowest BCUT2D eigenvalue weighted by Gasteiger charge is -2.11. The van der Waals surface area contributed by atoms with Gasteiger partial charge < -0.3 is 9.87 Å². The normalized spacial score (nSPS) is 12.6. The highest BCUT2D eigenvalue weighted by atomic mass is 35.5. The van der Waals surface area contributed by atoms with Crippen LogP contribution in [-0.2, 0) is 17.4 Å². The minimum absolute atomic E-state index is 0.104. The molecule has 1 aromatic heterocycles. The molecular weight excluding hydrogens is 440 g/mol. The molecule has 0 saturated heterocycles. The summed E-state index contributed by atoms with van der Waals surface area (Å²) in [5, 5.41) is 2.60. The molecule has 3 aromatic rings. The van der Waals surface area contributed by atoms with Crippen LogP contribution < -0.4 is 5.32 Å². The third-order valence-electron chi connectivity index (χ3n) is 3.43. The average molecular weight is 449 g/mol. The highest BCUT2D eigenvalue weighted by molar-refractivity contribution is 7.93. The van der Waals surface area contributed by atoms with E-state index in [1.807, 2.05) is 0 Å². The van der Waals surface area contributed by atoms with Crippen LogP contribution in [0.4, 0.5) is 23.2 Å². The number of benzene rings is 2. The Bertz CT molecular complexity index is 1010. The summed E-state index contributed by atoms with van der Waals surface area (Å²) in [6.45, 7) is 0. The van der Waals surface area contributed by atoms with Gasteiger partial charge in [-0.2, -0.15) is 13.2 Å². The molecule has 1 atom stereocenters. The van der Waals surface area contributed by atoms with E-state index in [-0.39, 0.29) is 9.90 Å². The van der Waals surface area contributed by atoms with Gasteiger partial charge in [0.05, 0.1) is 11.1 Å². The van der Waals surface area contributed by atoms with E-state index < -0.39 is 40.3 Å². The Balaban J connectivity index is 1.86. The first-order chi connectivity index (χ1) is 13.1. The largest absolute Gasteiger partial charge is 0.606 e. The predicted octanol–water partition coefficient (Wildman–Crippen LogP) is 5.37. The van der Waals surface area contributed by atoms with E-state index in [2.05, 4.69) is 10.3 Å². The number of hydrogen-bond donors (Lipinski definition) is 1. The Morgan fingerprint density at radius 1 is 1.18 bits per heavy atom. The lowest BCUT2D eigenvalue weighted by Crippen LogP contribution is -2.17. The summed E-state index contributed by atoms with van der Waals surface area (Å²) in [5.74, 6) is -2.06. The zero-order chi connectivity index (χ0) is 20.5. The summed E-state index contributed by atoms with van der Waals surface area (Å²) in [5.41, 5.74) is -0.583. The highest BCUT2D eigenvalue weighted by Gasteiger charge is 2.32. The van der Waals surface area contributed by atoms with Crippen LogP contribution in [-0.4, -0.2) is 15.4 Å². The van der Waals surface area contributed by atoms with Crippen molar-refractivity contribution in [3.63, 3.8) is 0 Å². The number of hydrogen-bond acceptors (Lipinski definition) is 4. The molecular formula is C17H9ClF4N2O2S2. The van der Waals surface area contributed by atoms with Crippen molar-refractivity contribution in [1.82, 2.24) is 4.98 Å². The second kappa shape index (κ2) is 8.08. The summed E-state index contributed by atoms with van der Waals surface area (Å²) in [7, 11) is 0. The number of aromatic nitrogens is 1. The van der Waals surface area contributed by atoms with Gasteiger partial charge in [0.1, 0.15) is 5.82 Å². The average Bonchev–Trinajstić information content (AvgIpc) is 3.10. The summed E-state index contributed by atoms with van der Waals surface area (Å²) in [4.78, 5) is 16.6. The number of rotatable bonds is 4. The molecule has 0 saturated carbocycles. The summed E-state index contributed by atoms with van der Waals surface area (Å²) in [6.07, 6.45) is -4.77. The lowest BCUT2D eigenvalue weighted by molar-refractivity contribution is -0.137. The Morgan fingerprint density at radius 2 is 1.86 bits per heavy atom. The zero-order valence-corrected chi connectivity index (χ0v) is 16.0. The maximum atomic E-state index is 13.5. The number of nitrogens with zero attached hydrogens (tertiary/aromatic N) is 1. The molecule has 0 aliphatic heterocycles. The van der Waals surface area contributed by atoms with Crippen molar-refractivity contribution >= 4 is 45.7 Å². The lowest BCUT2D eigenvalue weighted by atomic mass is 10.2. The molecule has 0 aliphatic rings. The van der Waals surface area contributed by atoms with Gasteiger partial charge in [-0.25, -0.2) is 9.37 Å². The second-order valence-corrected chi connectivity index (χ2v) is 8.36. The Kier molecular flexibility index (Phi) is 5.94. The third kappa shape index (κ3) is 4.64. The Hall–Kier alpha value is -2.14. The van der Waals surface area contributed by atoms with E-state index in [1.54, 1.807) is 0 Å². The van der Waals surface area contributed by atoms with Gasteiger partial charge in [-0.1, -0.05) is 22.9 Å². The van der Waals surface area contributed by atoms with Crippen LogP contribution in [0.3, 0.4) is 0 Å². The number of carbonyl (C=O) groups excluding carboxylic acids is 1. The summed E-state index contributed by atoms with van der Waals surface area (Å²) < 4.78 is 64.7. The summed E-state index contributed by atoms with van der Waals surface area (Å²) >= 11 is 4.98. The molecule has 1 unspecified atom stereocenters. The van der Waals surface area contributed by atoms with Crippen molar-refractivity contribution in [3.05, 3.63) is 70.1 Å². The highest BCUT2D eigenvalue weighted by Crippen LogP contribution is 2.32. The molecule has 1 N–H and O–H groups in total. The predicted molar refractivity (Wildman–Crippen MR) is 97.6 cm³/mol. The number of carbonyl (C=O) groups is 1. The van der Waals surface area contributed by atoms with Crippen molar-refractivity contribution in [2.24, 2.45) is 0 Å². The van der Waals surface area contributed by atoms with Crippen LogP contribution in [0.5, 0.6) is 0 Å². The minimum Gasteiger partial charge on any atom is -0.606 e. The number of anilines is 1. The van der Waals surface area contributed by atoms with Crippen molar-refractivity contribution < 1.29 is 26.9 Å². The van der Waals surface area contributed by atoms with Gasteiger partial charge in [0.15, 0.2) is 10.6 Å². The van der Waals surface area contributed by atoms with E-state index in [0.717, 1.165) is 17.4 Å². The maximum Gasteiger partial charge on any atom is 0.416 e. The number of halogens is 5. The molecule has 0 spiro atoms. The smallest absolute Gasteiger partial charge is 0.416 e. The van der Waals surface area contributed by atoms with Crippen LogP contribution in [0, 0.1) is 5.82 Å². The van der Waals surface area contributed by atoms with E-state index in [4.69, 9.17) is 11.6 Å². The fourth-order valence-corrected chi connectivity index (χ4v) is 4.52. The topological polar surface area (TPSA) is 65.0 Å². The molecule has 28 heavy (non-hydrogen) atoms. The van der Waals surface area contributed by atoms with Gasteiger partial charge in [-0.15, -0.1) is 0 Å². The van der Waals surface area contributed by atoms with Crippen molar-refractivity contribution in [3.8, 4) is 0 Å². The Labute approximate surface area is 168 Å². The minimum atomic E-state index is -4.77. The van der Waals surface area contributed by atoms with E-state index in [1.165, 1.54) is 29.8 Å². The SMILES string of the molecule is O=C(Nc1cc(F)cc(C(F)(F)F)c1)c1ncsc1[S+]([O-])c1ccc(Cl)cc1. The Morgan fingerprint density at radius 3 is 2.50 bits per heavy atom. The van der Waals surface area contributed by atoms with Gasteiger partial charge in [0.25, 0.3) is 5.91 Å². The maximum absolute atomic E-state index is 13.5. The van der Waals surface area contributed by atoms with E-state index in [0.29, 0.717) is 22.1 Å². The van der Waals surface area contributed by atoms with Crippen LogP contribution in [0.1, 0.15) is 16.1 Å². The summed E-state index contributed by atoms with van der Waals surface area (Å²) in [6, 6.07) is 7.75.